The molecule has 1 rings (SSSR count). The summed E-state index contributed by atoms with van der Waals surface area (Å²) < 4.78 is 0. The van der Waals surface area contributed by atoms with Crippen LogP contribution >= 0.6 is 0 Å². The maximum absolute atomic E-state index is 11.6. The summed E-state index contributed by atoms with van der Waals surface area (Å²) >= 11 is 0. The van der Waals surface area contributed by atoms with Crippen LogP contribution in [0.2, 0.25) is 0 Å². The molecule has 0 bridgehead atoms. The zero-order chi connectivity index (χ0) is 10.1. The molecule has 0 radical (unpaired) electrons. The first-order valence-corrected chi connectivity index (χ1v) is 4.13. The molecule has 0 aliphatic carbocycles. The van der Waals surface area contributed by atoms with Gasteiger partial charge in [-0.2, -0.15) is 0 Å². The lowest BCUT2D eigenvalue weighted by atomic mass is 10.1. The number of hydrogen-bond donors (Lipinski definition) is 2. The van der Waals surface area contributed by atoms with Crippen LogP contribution in [-0.2, 0) is 4.79 Å². The van der Waals surface area contributed by atoms with Crippen molar-refractivity contribution in [2.75, 3.05) is 11.9 Å². The van der Waals surface area contributed by atoms with E-state index >= 15 is 0 Å². The highest BCUT2D eigenvalue weighted by Crippen LogP contribution is 2.12. The van der Waals surface area contributed by atoms with Gasteiger partial charge in [-0.15, -0.1) is 0 Å². The molecule has 4 nitrogen and oxygen atoms in total. The Morgan fingerprint density at radius 2 is 2.23 bits per heavy atom. The van der Waals surface area contributed by atoms with Gasteiger partial charge in [0.25, 0.3) is 0 Å². The van der Waals surface area contributed by atoms with Gasteiger partial charge in [0.05, 0.1) is 5.54 Å². The van der Waals surface area contributed by atoms with E-state index < -0.39 is 5.54 Å². The average molecular weight is 181 g/mol. The number of rotatable bonds is 2. The maximum Gasteiger partial charge on any atom is 0.247 e. The molecule has 72 valence electrons. The van der Waals surface area contributed by atoms with Gasteiger partial charge in [-0.05, 0) is 26.0 Å². The van der Waals surface area contributed by atoms with E-state index in [0.717, 1.165) is 5.82 Å². The Kier molecular flexibility index (Phi) is 2.43. The number of anilines is 1. The van der Waals surface area contributed by atoms with Crippen LogP contribution in [0.4, 0.5) is 5.82 Å². The molecule has 1 heterocycles. The van der Waals surface area contributed by atoms with Gasteiger partial charge in [0.15, 0.2) is 0 Å². The third-order valence-electron chi connectivity index (χ3n) is 1.80. The molecule has 1 aromatic rings. The molecule has 0 saturated heterocycles. The Bertz CT molecular complexity index is 284. The summed E-state index contributed by atoms with van der Waals surface area (Å²) in [5, 5.41) is 0. The van der Waals surface area contributed by atoms with E-state index in [0.29, 0.717) is 0 Å². The second kappa shape index (κ2) is 3.22. The van der Waals surface area contributed by atoms with Crippen molar-refractivity contribution in [3.63, 3.8) is 0 Å². The Morgan fingerprint density at radius 3 is 2.62 bits per heavy atom. The van der Waals surface area contributed by atoms with Crippen molar-refractivity contribution in [2.45, 2.75) is 19.4 Å². The van der Waals surface area contributed by atoms with Crippen molar-refractivity contribution in [2.24, 2.45) is 5.73 Å². The summed E-state index contributed by atoms with van der Waals surface area (Å²) in [6.45, 7) is 3.38. The molecule has 0 atom stereocenters. The number of carbonyl (C=O) groups excluding carboxylic acids is 1. The Labute approximate surface area is 77.7 Å². The fourth-order valence-electron chi connectivity index (χ4n) is 1.07. The van der Waals surface area contributed by atoms with Crippen LogP contribution < -0.4 is 10.6 Å². The van der Waals surface area contributed by atoms with Crippen molar-refractivity contribution in [3.05, 3.63) is 18.3 Å². The van der Waals surface area contributed by atoms with E-state index in [9.17, 15) is 4.79 Å². The van der Waals surface area contributed by atoms with Crippen LogP contribution in [0.1, 0.15) is 13.8 Å². The minimum atomic E-state index is -0.833. The molecule has 0 fully saturated rings. The summed E-state index contributed by atoms with van der Waals surface area (Å²) in [5.41, 5.74) is 4.85. The summed E-state index contributed by atoms with van der Waals surface area (Å²) in [6, 6.07) is 3.66. The van der Waals surface area contributed by atoms with E-state index in [1.165, 1.54) is 4.90 Å². The molecule has 0 unspecified atom stereocenters. The predicted octanol–water partition coefficient (Wildman–Crippen LogP) is 0.715. The predicted molar refractivity (Wildman–Crippen MR) is 52.5 cm³/mol. The van der Waals surface area contributed by atoms with Crippen molar-refractivity contribution < 1.29 is 4.79 Å². The molecule has 0 aliphatic rings. The maximum atomic E-state index is 11.6. The molecule has 13 heavy (non-hydrogen) atoms. The minimum absolute atomic E-state index is 0.116. The van der Waals surface area contributed by atoms with Gasteiger partial charge in [0.2, 0.25) is 5.91 Å². The van der Waals surface area contributed by atoms with Crippen LogP contribution in [0.3, 0.4) is 0 Å². The molecule has 1 aromatic heterocycles. The first kappa shape index (κ1) is 9.80. The third kappa shape index (κ3) is 2.09. The molecular formula is C9H15N3O. The number of nitrogens with two attached hydrogens (primary N) is 1. The summed E-state index contributed by atoms with van der Waals surface area (Å²) in [6.07, 6.45) is 1.77. The number of aromatic nitrogens is 1. The molecule has 0 aliphatic heterocycles. The van der Waals surface area contributed by atoms with Crippen LogP contribution in [0, 0.1) is 0 Å². The summed E-state index contributed by atoms with van der Waals surface area (Å²) in [4.78, 5) is 16.1. The van der Waals surface area contributed by atoms with Gasteiger partial charge in [-0.25, -0.2) is 0 Å². The molecule has 0 saturated carbocycles. The monoisotopic (exact) mass is 181 g/mol. The highest BCUT2D eigenvalue weighted by molar-refractivity contribution is 5.98. The van der Waals surface area contributed by atoms with Crippen molar-refractivity contribution in [1.29, 1.82) is 0 Å². The van der Waals surface area contributed by atoms with Crippen molar-refractivity contribution in [1.82, 2.24) is 4.98 Å². The number of nitrogens with zero attached hydrogens (tertiary/aromatic N) is 1. The van der Waals surface area contributed by atoms with Crippen LogP contribution in [0.5, 0.6) is 0 Å². The largest absolute Gasteiger partial charge is 0.348 e. The summed E-state index contributed by atoms with van der Waals surface area (Å²) in [5.74, 6) is 0.637. The van der Waals surface area contributed by atoms with Crippen LogP contribution in [0.15, 0.2) is 18.3 Å². The number of hydrogen-bond acceptors (Lipinski definition) is 2. The SMILES string of the molecule is CN(C(=O)C(C)(C)N)c1ccc[nH]1. The Morgan fingerprint density at radius 1 is 1.62 bits per heavy atom. The van der Waals surface area contributed by atoms with Gasteiger partial charge >= 0.3 is 0 Å². The quantitative estimate of drug-likeness (QED) is 0.706. The molecule has 4 heteroatoms. The van der Waals surface area contributed by atoms with Gasteiger partial charge in [-0.3, -0.25) is 9.69 Å². The van der Waals surface area contributed by atoms with Crippen molar-refractivity contribution >= 4 is 11.7 Å². The zero-order valence-corrected chi connectivity index (χ0v) is 8.16. The third-order valence-corrected chi connectivity index (χ3v) is 1.80. The first-order chi connectivity index (χ1) is 5.93. The average Bonchev–Trinajstić information content (AvgIpc) is 2.51. The minimum Gasteiger partial charge on any atom is -0.348 e. The molecular weight excluding hydrogens is 166 g/mol. The smallest absolute Gasteiger partial charge is 0.247 e. The lowest BCUT2D eigenvalue weighted by Crippen LogP contribution is -2.50. The second-order valence-corrected chi connectivity index (χ2v) is 3.64. The van der Waals surface area contributed by atoms with Crippen LogP contribution in [0.25, 0.3) is 0 Å². The molecule has 3 N–H and O–H groups in total. The highest BCUT2D eigenvalue weighted by atomic mass is 16.2. The van der Waals surface area contributed by atoms with E-state index in [1.54, 1.807) is 27.1 Å². The fourth-order valence-corrected chi connectivity index (χ4v) is 1.07. The number of H-pyrrole nitrogens is 1. The second-order valence-electron chi connectivity index (χ2n) is 3.64. The summed E-state index contributed by atoms with van der Waals surface area (Å²) in [7, 11) is 1.70. The van der Waals surface area contributed by atoms with Crippen molar-refractivity contribution in [3.8, 4) is 0 Å². The number of carbonyl (C=O) groups is 1. The number of amides is 1. The van der Waals surface area contributed by atoms with Gasteiger partial charge in [0.1, 0.15) is 5.82 Å². The molecule has 0 spiro atoms. The molecule has 1 amide bonds. The van der Waals surface area contributed by atoms with E-state index in [2.05, 4.69) is 4.98 Å². The van der Waals surface area contributed by atoms with E-state index in [1.807, 2.05) is 12.1 Å². The van der Waals surface area contributed by atoms with Gasteiger partial charge < -0.3 is 10.7 Å². The van der Waals surface area contributed by atoms with E-state index in [-0.39, 0.29) is 5.91 Å². The number of aromatic amines is 1. The topological polar surface area (TPSA) is 62.1 Å². The highest BCUT2D eigenvalue weighted by Gasteiger charge is 2.26. The number of nitrogens with one attached hydrogen (secondary N) is 1. The lowest BCUT2D eigenvalue weighted by Gasteiger charge is -2.24. The standard InChI is InChI=1S/C9H15N3O/c1-9(2,10)8(13)12(3)7-5-4-6-11-7/h4-6,11H,10H2,1-3H3. The number of likely N-dealkylation sites (N-methyl/N-ethyl adjacent to an activating group) is 1. The zero-order valence-electron chi connectivity index (χ0n) is 8.16. The Balaban J connectivity index is 2.81. The molecule has 0 aromatic carbocycles. The van der Waals surface area contributed by atoms with Crippen LogP contribution in [-0.4, -0.2) is 23.5 Å². The fraction of sp³-hybridized carbons (Fsp3) is 0.444. The van der Waals surface area contributed by atoms with Gasteiger partial charge in [0, 0.05) is 13.2 Å². The Hall–Kier alpha value is -1.29. The van der Waals surface area contributed by atoms with Gasteiger partial charge in [-0.1, -0.05) is 0 Å². The van der Waals surface area contributed by atoms with E-state index in [4.69, 9.17) is 5.73 Å². The first-order valence-electron chi connectivity index (χ1n) is 4.13. The normalized spacial score (nSPS) is 11.4. The lowest BCUT2D eigenvalue weighted by molar-refractivity contribution is -0.122.